The Labute approximate surface area is 92.2 Å². The van der Waals surface area contributed by atoms with Gasteiger partial charge < -0.3 is 0 Å². The van der Waals surface area contributed by atoms with Crippen molar-refractivity contribution in [2.24, 2.45) is 17.8 Å². The predicted octanol–water partition coefficient (Wildman–Crippen LogP) is 3.99. The van der Waals surface area contributed by atoms with E-state index in [9.17, 15) is 4.79 Å². The van der Waals surface area contributed by atoms with Gasteiger partial charge in [-0.05, 0) is 48.6 Å². The van der Waals surface area contributed by atoms with E-state index in [1.165, 1.54) is 32.1 Å². The van der Waals surface area contributed by atoms with Crippen LogP contribution in [0.1, 0.15) is 52.4 Å². The van der Waals surface area contributed by atoms with Crippen molar-refractivity contribution in [3.05, 3.63) is 0 Å². The summed E-state index contributed by atoms with van der Waals surface area (Å²) in [5, 5.41) is -0.155. The number of halogens is 1. The van der Waals surface area contributed by atoms with Crippen molar-refractivity contribution in [3.8, 4) is 0 Å². The van der Waals surface area contributed by atoms with Crippen LogP contribution in [0, 0.1) is 17.8 Å². The van der Waals surface area contributed by atoms with Gasteiger partial charge in [0.05, 0.1) is 0 Å². The summed E-state index contributed by atoms with van der Waals surface area (Å²) in [6.45, 7) is 4.57. The van der Waals surface area contributed by atoms with Crippen LogP contribution in [0.15, 0.2) is 0 Å². The normalized spacial score (nSPS) is 28.0. The molecule has 1 nitrogen and oxygen atoms in total. The van der Waals surface area contributed by atoms with Gasteiger partial charge in [0.15, 0.2) is 0 Å². The third-order valence-electron chi connectivity index (χ3n) is 3.22. The minimum atomic E-state index is -0.155. The third kappa shape index (κ3) is 4.45. The summed E-state index contributed by atoms with van der Waals surface area (Å²) in [6.07, 6.45) is 6.95. The van der Waals surface area contributed by atoms with E-state index >= 15 is 0 Å². The van der Waals surface area contributed by atoms with E-state index in [1.807, 2.05) is 0 Å². The van der Waals surface area contributed by atoms with Crippen LogP contribution in [0.2, 0.25) is 0 Å². The molecule has 0 amide bonds. The van der Waals surface area contributed by atoms with Crippen LogP contribution in [0.25, 0.3) is 0 Å². The molecule has 14 heavy (non-hydrogen) atoms. The summed E-state index contributed by atoms with van der Waals surface area (Å²) in [7, 11) is 0. The predicted molar refractivity (Wildman–Crippen MR) is 60.4 cm³/mol. The molecule has 0 N–H and O–H groups in total. The van der Waals surface area contributed by atoms with E-state index < -0.39 is 0 Å². The minimum absolute atomic E-state index is 0.155. The average molecular weight is 217 g/mol. The first-order valence-electron chi connectivity index (χ1n) is 5.76. The molecule has 0 aromatic rings. The van der Waals surface area contributed by atoms with Gasteiger partial charge in [-0.15, -0.1) is 0 Å². The molecule has 0 atom stereocenters. The molecule has 0 aliphatic heterocycles. The van der Waals surface area contributed by atoms with Gasteiger partial charge in [-0.1, -0.05) is 26.7 Å². The van der Waals surface area contributed by atoms with E-state index in [0.717, 1.165) is 11.8 Å². The van der Waals surface area contributed by atoms with E-state index in [2.05, 4.69) is 13.8 Å². The van der Waals surface area contributed by atoms with E-state index in [4.69, 9.17) is 11.6 Å². The number of hydrogen-bond donors (Lipinski definition) is 0. The molecule has 1 aliphatic rings. The molecule has 1 fully saturated rings. The minimum Gasteiger partial charge on any atom is -0.281 e. The highest BCUT2D eigenvalue weighted by atomic mass is 35.5. The molecule has 0 saturated heterocycles. The van der Waals surface area contributed by atoms with Crippen LogP contribution < -0.4 is 0 Å². The van der Waals surface area contributed by atoms with E-state index in [1.54, 1.807) is 0 Å². The molecule has 1 rings (SSSR count). The number of hydrogen-bond acceptors (Lipinski definition) is 1. The van der Waals surface area contributed by atoms with E-state index in [-0.39, 0.29) is 5.24 Å². The Balaban J connectivity index is 2.21. The Hall–Kier alpha value is -0.0400. The number of carbonyl (C=O) groups excluding carboxylic acids is 1. The van der Waals surface area contributed by atoms with Gasteiger partial charge in [-0.3, -0.25) is 4.79 Å². The summed E-state index contributed by atoms with van der Waals surface area (Å²) in [5.74, 6) is 2.28. The van der Waals surface area contributed by atoms with Gasteiger partial charge in [-0.25, -0.2) is 0 Å². The van der Waals surface area contributed by atoms with E-state index in [0.29, 0.717) is 12.3 Å². The fraction of sp³-hybridized carbons (Fsp3) is 0.917. The summed E-state index contributed by atoms with van der Waals surface area (Å²) in [4.78, 5) is 10.7. The fourth-order valence-corrected chi connectivity index (χ4v) is 2.78. The van der Waals surface area contributed by atoms with Crippen molar-refractivity contribution in [2.75, 3.05) is 0 Å². The Bertz CT molecular complexity index is 181. The number of rotatable bonds is 4. The van der Waals surface area contributed by atoms with Crippen molar-refractivity contribution in [1.29, 1.82) is 0 Å². The van der Waals surface area contributed by atoms with Crippen LogP contribution in [0.5, 0.6) is 0 Å². The molecular weight excluding hydrogens is 196 g/mol. The second-order valence-electron chi connectivity index (χ2n) is 5.08. The third-order valence-corrected chi connectivity index (χ3v) is 3.37. The molecule has 0 aromatic heterocycles. The molecule has 1 saturated carbocycles. The molecule has 1 aliphatic carbocycles. The highest BCUT2D eigenvalue weighted by Crippen LogP contribution is 2.34. The van der Waals surface area contributed by atoms with Crippen LogP contribution in [0.4, 0.5) is 0 Å². The molecule has 0 radical (unpaired) electrons. The molecule has 0 unspecified atom stereocenters. The van der Waals surface area contributed by atoms with Crippen molar-refractivity contribution in [3.63, 3.8) is 0 Å². The Morgan fingerprint density at radius 1 is 1.21 bits per heavy atom. The van der Waals surface area contributed by atoms with Gasteiger partial charge in [0.25, 0.3) is 0 Å². The van der Waals surface area contributed by atoms with Gasteiger partial charge >= 0.3 is 0 Å². The average Bonchev–Trinajstić information content (AvgIpc) is 2.06. The largest absolute Gasteiger partial charge is 0.281 e. The quantitative estimate of drug-likeness (QED) is 0.650. The second kappa shape index (κ2) is 5.75. The van der Waals surface area contributed by atoms with Crippen molar-refractivity contribution < 1.29 is 4.79 Å². The molecule has 0 spiro atoms. The molecular formula is C12H21ClO. The maximum Gasteiger partial charge on any atom is 0.221 e. The first-order valence-corrected chi connectivity index (χ1v) is 6.14. The molecule has 0 heterocycles. The Kier molecular flexibility index (Phi) is 4.94. The number of carbonyl (C=O) groups is 1. The molecule has 0 aromatic carbocycles. The lowest BCUT2D eigenvalue weighted by Crippen LogP contribution is -2.17. The summed E-state index contributed by atoms with van der Waals surface area (Å²) >= 11 is 5.39. The highest BCUT2D eigenvalue weighted by molar-refractivity contribution is 6.63. The Morgan fingerprint density at radius 3 is 2.14 bits per heavy atom. The zero-order chi connectivity index (χ0) is 10.6. The van der Waals surface area contributed by atoms with Crippen LogP contribution in [-0.2, 0) is 4.79 Å². The second-order valence-corrected chi connectivity index (χ2v) is 5.50. The summed E-state index contributed by atoms with van der Waals surface area (Å²) in [5.41, 5.74) is 0. The lowest BCUT2D eigenvalue weighted by molar-refractivity contribution is -0.112. The maximum atomic E-state index is 10.7. The molecule has 0 bridgehead atoms. The lowest BCUT2D eigenvalue weighted by atomic mass is 9.77. The maximum absolute atomic E-state index is 10.7. The SMILES string of the molecule is CC(C)CC1CCC(CC(=O)Cl)CC1. The van der Waals surface area contributed by atoms with Crippen LogP contribution >= 0.6 is 11.6 Å². The van der Waals surface area contributed by atoms with Crippen molar-refractivity contribution >= 4 is 16.8 Å². The highest BCUT2D eigenvalue weighted by Gasteiger charge is 2.22. The van der Waals surface area contributed by atoms with Gasteiger partial charge in [0.2, 0.25) is 5.24 Å². The smallest absolute Gasteiger partial charge is 0.221 e. The standard InChI is InChI=1S/C12H21ClO/c1-9(2)7-10-3-5-11(6-4-10)8-12(13)14/h9-11H,3-8H2,1-2H3. The zero-order valence-corrected chi connectivity index (χ0v) is 10.0. The fourth-order valence-electron chi connectivity index (χ4n) is 2.56. The molecule has 82 valence electrons. The summed E-state index contributed by atoms with van der Waals surface area (Å²) in [6, 6.07) is 0. The molecule has 2 heteroatoms. The lowest BCUT2D eigenvalue weighted by Gasteiger charge is -2.28. The van der Waals surface area contributed by atoms with Gasteiger partial charge in [0.1, 0.15) is 0 Å². The van der Waals surface area contributed by atoms with Crippen LogP contribution in [-0.4, -0.2) is 5.24 Å². The Morgan fingerprint density at radius 2 is 1.71 bits per heavy atom. The van der Waals surface area contributed by atoms with Gasteiger partial charge in [-0.2, -0.15) is 0 Å². The summed E-state index contributed by atoms with van der Waals surface area (Å²) < 4.78 is 0. The van der Waals surface area contributed by atoms with Crippen molar-refractivity contribution in [2.45, 2.75) is 52.4 Å². The first-order chi connectivity index (χ1) is 6.58. The topological polar surface area (TPSA) is 17.1 Å². The first kappa shape index (κ1) is 12.0. The monoisotopic (exact) mass is 216 g/mol. The van der Waals surface area contributed by atoms with Gasteiger partial charge in [0, 0.05) is 6.42 Å². The van der Waals surface area contributed by atoms with Crippen molar-refractivity contribution in [1.82, 2.24) is 0 Å². The zero-order valence-electron chi connectivity index (χ0n) is 9.26. The van der Waals surface area contributed by atoms with Crippen LogP contribution in [0.3, 0.4) is 0 Å².